The van der Waals surface area contributed by atoms with Crippen molar-refractivity contribution in [3.05, 3.63) is 77.6 Å². The van der Waals surface area contributed by atoms with Gasteiger partial charge in [-0.25, -0.2) is 4.98 Å². The second kappa shape index (κ2) is 11.7. The minimum Gasteiger partial charge on any atom is -0.481 e. The number of hydrogen-bond acceptors (Lipinski definition) is 5. The second-order valence-corrected chi connectivity index (χ2v) is 8.71. The van der Waals surface area contributed by atoms with E-state index in [1.165, 1.54) is 18.3 Å². The number of carboxylic acid groups (broad SMARTS) is 1. The Balaban J connectivity index is 1.70. The second-order valence-electron chi connectivity index (χ2n) is 8.71. The number of carbonyl (C=O) groups excluding carboxylic acids is 1. The first-order chi connectivity index (χ1) is 17.0. The Morgan fingerprint density at radius 2 is 1.69 bits per heavy atom. The van der Waals surface area contributed by atoms with Gasteiger partial charge in [-0.3, -0.25) is 14.6 Å². The van der Waals surface area contributed by atoms with Crippen LogP contribution >= 0.6 is 0 Å². The van der Waals surface area contributed by atoms with Crippen molar-refractivity contribution < 1.29 is 27.9 Å². The fourth-order valence-electron chi connectivity index (χ4n) is 3.54. The number of nitrogens with zero attached hydrogens (tertiary/aromatic N) is 2. The zero-order valence-electron chi connectivity index (χ0n) is 19.8. The number of benzene rings is 1. The molecule has 0 bridgehead atoms. The number of amides is 1. The number of alkyl halides is 3. The van der Waals surface area contributed by atoms with Gasteiger partial charge in [-0.05, 0) is 48.2 Å². The monoisotopic (exact) mass is 500 g/mol. The highest BCUT2D eigenvalue weighted by Gasteiger charge is 2.30. The van der Waals surface area contributed by atoms with Gasteiger partial charge in [0.15, 0.2) is 0 Å². The molecule has 2 heterocycles. The summed E-state index contributed by atoms with van der Waals surface area (Å²) in [5, 5.41) is 14.5. The first-order valence-electron chi connectivity index (χ1n) is 11.4. The molecular formula is C26H27F3N4O3. The summed E-state index contributed by atoms with van der Waals surface area (Å²) in [5.74, 6) is -0.505. The van der Waals surface area contributed by atoms with Crippen molar-refractivity contribution in [2.75, 3.05) is 11.9 Å². The van der Waals surface area contributed by atoms with Gasteiger partial charge in [0.25, 0.3) is 5.91 Å². The molecule has 0 saturated carbocycles. The Kier molecular flexibility index (Phi) is 8.63. The summed E-state index contributed by atoms with van der Waals surface area (Å²) in [5.41, 5.74) is 1.64. The van der Waals surface area contributed by atoms with Crippen LogP contribution in [0.3, 0.4) is 0 Å². The molecule has 1 atom stereocenters. The van der Waals surface area contributed by atoms with Crippen LogP contribution in [0, 0.1) is 5.92 Å². The first kappa shape index (κ1) is 26.7. The lowest BCUT2D eigenvalue weighted by molar-refractivity contribution is -0.138. The normalized spacial score (nSPS) is 12.3. The van der Waals surface area contributed by atoms with E-state index in [1.54, 1.807) is 24.4 Å². The van der Waals surface area contributed by atoms with Crippen LogP contribution in [0.4, 0.5) is 19.0 Å². The van der Waals surface area contributed by atoms with Gasteiger partial charge >= 0.3 is 12.1 Å². The molecule has 3 aromatic rings. The van der Waals surface area contributed by atoms with Crippen LogP contribution in [0.15, 0.2) is 60.9 Å². The van der Waals surface area contributed by atoms with Gasteiger partial charge in [-0.15, -0.1) is 0 Å². The number of hydrogen-bond donors (Lipinski definition) is 3. The van der Waals surface area contributed by atoms with Crippen LogP contribution in [-0.4, -0.2) is 33.5 Å². The Morgan fingerprint density at radius 3 is 2.22 bits per heavy atom. The average Bonchev–Trinajstić information content (AvgIpc) is 2.83. The molecule has 0 spiro atoms. The molecular weight excluding hydrogens is 473 g/mol. The zero-order valence-corrected chi connectivity index (χ0v) is 19.8. The van der Waals surface area contributed by atoms with Crippen LogP contribution in [0.1, 0.15) is 54.2 Å². The van der Waals surface area contributed by atoms with E-state index in [0.29, 0.717) is 28.6 Å². The van der Waals surface area contributed by atoms with Crippen molar-refractivity contribution in [3.8, 4) is 11.3 Å². The van der Waals surface area contributed by atoms with Crippen LogP contribution in [0.2, 0.25) is 0 Å². The zero-order chi connectivity index (χ0) is 26.3. The van der Waals surface area contributed by atoms with Crippen molar-refractivity contribution in [2.45, 2.75) is 38.9 Å². The van der Waals surface area contributed by atoms with E-state index < -0.39 is 23.6 Å². The molecule has 0 aliphatic carbocycles. The van der Waals surface area contributed by atoms with Crippen molar-refractivity contribution in [1.82, 2.24) is 15.3 Å². The predicted molar refractivity (Wildman–Crippen MR) is 129 cm³/mol. The molecule has 1 amide bonds. The molecule has 36 heavy (non-hydrogen) atoms. The maximum absolute atomic E-state index is 12.8. The Morgan fingerprint density at radius 1 is 0.972 bits per heavy atom. The summed E-state index contributed by atoms with van der Waals surface area (Å²) in [6.45, 7) is 4.19. The van der Waals surface area contributed by atoms with Crippen molar-refractivity contribution >= 4 is 17.7 Å². The smallest absolute Gasteiger partial charge is 0.416 e. The van der Waals surface area contributed by atoms with Crippen molar-refractivity contribution in [3.63, 3.8) is 0 Å². The molecule has 2 aromatic heterocycles. The molecule has 0 fully saturated rings. The quantitative estimate of drug-likeness (QED) is 0.336. The molecule has 1 aromatic carbocycles. The first-order valence-corrected chi connectivity index (χ1v) is 11.4. The molecule has 0 radical (unpaired) electrons. The number of aromatic nitrogens is 2. The summed E-state index contributed by atoms with van der Waals surface area (Å²) >= 11 is 0. The molecule has 0 saturated heterocycles. The minimum atomic E-state index is -4.39. The lowest BCUT2D eigenvalue weighted by Crippen LogP contribution is -2.26. The van der Waals surface area contributed by atoms with Crippen LogP contribution in [-0.2, 0) is 11.0 Å². The lowest BCUT2D eigenvalue weighted by atomic mass is 9.97. The Labute approximate surface area is 206 Å². The van der Waals surface area contributed by atoms with Crippen LogP contribution in [0.25, 0.3) is 11.3 Å². The summed E-state index contributed by atoms with van der Waals surface area (Å²) in [4.78, 5) is 31.5. The highest BCUT2D eigenvalue weighted by molar-refractivity contribution is 5.94. The number of pyridine rings is 2. The third-order valence-corrected chi connectivity index (χ3v) is 5.38. The number of anilines is 1. The number of carbonyl (C=O) groups is 2. The van der Waals surface area contributed by atoms with Gasteiger partial charge in [0.1, 0.15) is 5.82 Å². The van der Waals surface area contributed by atoms with Crippen LogP contribution < -0.4 is 10.6 Å². The summed E-state index contributed by atoms with van der Waals surface area (Å²) < 4.78 is 38.5. The SMILES string of the molecule is CC(C)C[C@H](Nc1ccc(C(=O)NCCC(=O)O)cn1)c1ccc(-c2ccc(C(F)(F)F)cc2)nc1. The fraction of sp³-hybridized carbons (Fsp3) is 0.308. The third kappa shape index (κ3) is 7.53. The summed E-state index contributed by atoms with van der Waals surface area (Å²) in [6, 6.07) is 11.7. The fourth-order valence-corrected chi connectivity index (χ4v) is 3.54. The number of nitrogens with one attached hydrogen (secondary N) is 2. The highest BCUT2D eigenvalue weighted by atomic mass is 19.4. The molecule has 7 nitrogen and oxygen atoms in total. The van der Waals surface area contributed by atoms with E-state index in [1.807, 2.05) is 6.07 Å². The van der Waals surface area contributed by atoms with E-state index >= 15 is 0 Å². The summed E-state index contributed by atoms with van der Waals surface area (Å²) in [6.07, 6.45) is -0.683. The standard InChI is InChI=1S/C26H27F3N4O3/c1-16(2)13-22(33-23-10-6-19(15-32-23)25(36)30-12-11-24(34)35)18-5-9-21(31-14-18)17-3-7-20(8-4-17)26(27,28)29/h3-10,14-16,22H,11-13H2,1-2H3,(H,30,36)(H,32,33)(H,34,35)/t22-/m0/s1. The van der Waals surface area contributed by atoms with Crippen LogP contribution in [0.5, 0.6) is 0 Å². The van der Waals surface area contributed by atoms with E-state index in [9.17, 15) is 22.8 Å². The Bertz CT molecular complexity index is 1160. The highest BCUT2D eigenvalue weighted by Crippen LogP contribution is 2.31. The Hall–Kier alpha value is -3.95. The number of aliphatic carboxylic acids is 1. The maximum atomic E-state index is 12.8. The molecule has 0 aliphatic rings. The van der Waals surface area contributed by atoms with Crippen molar-refractivity contribution in [2.24, 2.45) is 5.92 Å². The predicted octanol–water partition coefficient (Wildman–Crippen LogP) is 5.57. The average molecular weight is 501 g/mol. The molecule has 10 heteroatoms. The topological polar surface area (TPSA) is 104 Å². The van der Waals surface area contributed by atoms with Gasteiger partial charge in [0, 0.05) is 24.5 Å². The summed E-state index contributed by atoms with van der Waals surface area (Å²) in [7, 11) is 0. The number of carboxylic acids is 1. The van der Waals surface area contributed by atoms with Gasteiger partial charge in [0.05, 0.1) is 29.3 Å². The molecule has 0 aliphatic heterocycles. The van der Waals surface area contributed by atoms with Gasteiger partial charge in [-0.2, -0.15) is 13.2 Å². The third-order valence-electron chi connectivity index (χ3n) is 5.38. The largest absolute Gasteiger partial charge is 0.481 e. The minimum absolute atomic E-state index is 0.0279. The van der Waals surface area contributed by atoms with E-state index in [-0.39, 0.29) is 19.0 Å². The lowest BCUT2D eigenvalue weighted by Gasteiger charge is -2.22. The van der Waals surface area contributed by atoms with Gasteiger partial charge in [0.2, 0.25) is 0 Å². The van der Waals surface area contributed by atoms with E-state index in [0.717, 1.165) is 24.1 Å². The molecule has 190 valence electrons. The van der Waals surface area contributed by atoms with Gasteiger partial charge in [-0.1, -0.05) is 32.0 Å². The van der Waals surface area contributed by atoms with Crippen molar-refractivity contribution in [1.29, 1.82) is 0 Å². The van der Waals surface area contributed by atoms with E-state index in [2.05, 4.69) is 34.4 Å². The van der Waals surface area contributed by atoms with E-state index in [4.69, 9.17) is 5.11 Å². The molecule has 3 rings (SSSR count). The van der Waals surface area contributed by atoms with Gasteiger partial charge < -0.3 is 15.7 Å². The molecule has 3 N–H and O–H groups in total. The molecule has 0 unspecified atom stereocenters. The maximum Gasteiger partial charge on any atom is 0.416 e. The number of halogens is 3. The number of rotatable bonds is 10.